The fraction of sp³-hybridized carbons (Fsp3) is 0.636. The number of hydrogen-bond donors (Lipinski definition) is 2. The molecule has 1 aromatic rings. The van der Waals surface area contributed by atoms with Gasteiger partial charge in [-0.25, -0.2) is 0 Å². The summed E-state index contributed by atoms with van der Waals surface area (Å²) in [5.74, 6) is 0.942. The summed E-state index contributed by atoms with van der Waals surface area (Å²) in [5, 5.41) is 6.84. The third kappa shape index (κ3) is 7.44. The van der Waals surface area contributed by atoms with Crippen LogP contribution in [0.5, 0.6) is 0 Å². The average Bonchev–Trinajstić information content (AvgIpc) is 3.39. The maximum absolute atomic E-state index is 12.4. The first-order valence-electron chi connectivity index (χ1n) is 10.6. The molecule has 7 heteroatoms. The van der Waals surface area contributed by atoms with Crippen LogP contribution in [0.2, 0.25) is 0 Å². The number of halogens is 1. The van der Waals surface area contributed by atoms with E-state index in [0.717, 1.165) is 30.5 Å². The summed E-state index contributed by atoms with van der Waals surface area (Å²) in [6, 6.07) is 11.3. The molecule has 1 saturated heterocycles. The van der Waals surface area contributed by atoms with Crippen LogP contribution in [0, 0.1) is 0 Å². The lowest BCUT2D eigenvalue weighted by Crippen LogP contribution is -2.46. The molecule has 29 heavy (non-hydrogen) atoms. The summed E-state index contributed by atoms with van der Waals surface area (Å²) < 4.78 is 0. The molecule has 2 fully saturated rings. The molecule has 3 rings (SSSR count). The Balaban J connectivity index is 0.00000300. The van der Waals surface area contributed by atoms with Crippen molar-refractivity contribution < 1.29 is 4.79 Å². The second-order valence-electron chi connectivity index (χ2n) is 8.05. The molecule has 1 aliphatic carbocycles. The van der Waals surface area contributed by atoms with Gasteiger partial charge in [-0.1, -0.05) is 43.2 Å². The third-order valence-electron chi connectivity index (χ3n) is 5.94. The van der Waals surface area contributed by atoms with Crippen LogP contribution in [-0.4, -0.2) is 67.5 Å². The number of benzene rings is 1. The lowest BCUT2D eigenvalue weighted by atomic mass is 10.2. The van der Waals surface area contributed by atoms with Crippen molar-refractivity contribution >= 4 is 35.8 Å². The first-order chi connectivity index (χ1) is 13.7. The summed E-state index contributed by atoms with van der Waals surface area (Å²) in [6.07, 6.45) is 7.11. The highest BCUT2D eigenvalue weighted by Gasteiger charge is 2.30. The van der Waals surface area contributed by atoms with E-state index in [1.807, 2.05) is 37.4 Å². The predicted octanol–water partition coefficient (Wildman–Crippen LogP) is 2.84. The van der Waals surface area contributed by atoms with E-state index in [9.17, 15) is 4.79 Å². The van der Waals surface area contributed by atoms with Crippen molar-refractivity contribution in [1.29, 1.82) is 0 Å². The average molecular weight is 513 g/mol. The molecule has 1 aromatic carbocycles. The van der Waals surface area contributed by atoms with E-state index in [-0.39, 0.29) is 29.9 Å². The van der Waals surface area contributed by atoms with Crippen LogP contribution in [0.1, 0.15) is 44.1 Å². The van der Waals surface area contributed by atoms with Gasteiger partial charge in [0.2, 0.25) is 5.91 Å². The second-order valence-corrected chi connectivity index (χ2v) is 8.05. The number of guanidine groups is 1. The monoisotopic (exact) mass is 513 g/mol. The van der Waals surface area contributed by atoms with E-state index in [1.165, 1.54) is 32.2 Å². The normalized spacial score (nSPS) is 20.3. The van der Waals surface area contributed by atoms with E-state index >= 15 is 0 Å². The molecule has 1 amide bonds. The highest BCUT2D eigenvalue weighted by Crippen LogP contribution is 2.26. The van der Waals surface area contributed by atoms with Gasteiger partial charge in [0.25, 0.3) is 0 Å². The van der Waals surface area contributed by atoms with Crippen LogP contribution in [0.25, 0.3) is 0 Å². The SMILES string of the molecule is CN=C(NCCC(=O)N(C)Cc1ccccc1)NC1CCN(C2CCCC2)C1.I. The standard InChI is InChI=1S/C22H35N5O.HI/c1-23-22(25-19-13-15-27(17-19)20-10-6-7-11-20)24-14-12-21(28)26(2)16-18-8-4-3-5-9-18;/h3-5,8-9,19-20H,6-7,10-17H2,1-2H3,(H2,23,24,25);1H. The first-order valence-corrected chi connectivity index (χ1v) is 10.6. The number of rotatable bonds is 7. The van der Waals surface area contributed by atoms with Gasteiger partial charge in [0, 0.05) is 58.8 Å². The molecule has 6 nitrogen and oxygen atoms in total. The van der Waals surface area contributed by atoms with E-state index < -0.39 is 0 Å². The van der Waals surface area contributed by atoms with E-state index in [4.69, 9.17) is 0 Å². The molecule has 0 spiro atoms. The van der Waals surface area contributed by atoms with Crippen LogP contribution < -0.4 is 10.6 Å². The zero-order valence-corrected chi connectivity index (χ0v) is 20.1. The van der Waals surface area contributed by atoms with Gasteiger partial charge in [-0.15, -0.1) is 24.0 Å². The molecule has 1 atom stereocenters. The summed E-state index contributed by atoms with van der Waals surface area (Å²) in [6.45, 7) is 3.52. The summed E-state index contributed by atoms with van der Waals surface area (Å²) in [7, 11) is 3.65. The van der Waals surface area contributed by atoms with E-state index in [1.54, 1.807) is 11.9 Å². The Bertz CT molecular complexity index is 648. The number of hydrogen-bond acceptors (Lipinski definition) is 3. The Morgan fingerprint density at radius 1 is 1.21 bits per heavy atom. The highest BCUT2D eigenvalue weighted by atomic mass is 127. The third-order valence-corrected chi connectivity index (χ3v) is 5.94. The fourth-order valence-corrected chi connectivity index (χ4v) is 4.32. The fourth-order valence-electron chi connectivity index (χ4n) is 4.32. The molecule has 0 aromatic heterocycles. The van der Waals surface area contributed by atoms with Crippen molar-refractivity contribution in [3.05, 3.63) is 35.9 Å². The van der Waals surface area contributed by atoms with Crippen LogP contribution in [0.3, 0.4) is 0 Å². The van der Waals surface area contributed by atoms with Crippen molar-refractivity contribution in [1.82, 2.24) is 20.4 Å². The molecular formula is C22H36IN5O. The lowest BCUT2D eigenvalue weighted by molar-refractivity contribution is -0.130. The van der Waals surface area contributed by atoms with Gasteiger partial charge in [0.05, 0.1) is 0 Å². The molecule has 2 aliphatic rings. The number of amides is 1. The summed E-state index contributed by atoms with van der Waals surface area (Å²) in [5.41, 5.74) is 1.15. The molecule has 0 radical (unpaired) electrons. The van der Waals surface area contributed by atoms with Gasteiger partial charge >= 0.3 is 0 Å². The van der Waals surface area contributed by atoms with Gasteiger partial charge in [-0.05, 0) is 24.8 Å². The number of carbonyl (C=O) groups is 1. The highest BCUT2D eigenvalue weighted by molar-refractivity contribution is 14.0. The summed E-state index contributed by atoms with van der Waals surface area (Å²) in [4.78, 5) is 21.1. The van der Waals surface area contributed by atoms with Gasteiger partial charge in [0.1, 0.15) is 0 Å². The molecule has 1 saturated carbocycles. The molecule has 0 bridgehead atoms. The van der Waals surface area contributed by atoms with Gasteiger partial charge in [-0.2, -0.15) is 0 Å². The minimum Gasteiger partial charge on any atom is -0.356 e. The maximum Gasteiger partial charge on any atom is 0.224 e. The molecule has 1 unspecified atom stereocenters. The van der Waals surface area contributed by atoms with Crippen molar-refractivity contribution in [2.75, 3.05) is 33.7 Å². The number of likely N-dealkylation sites (tertiary alicyclic amines) is 1. The molecule has 162 valence electrons. The van der Waals surface area contributed by atoms with Crippen molar-refractivity contribution in [3.63, 3.8) is 0 Å². The molecule has 1 heterocycles. The predicted molar refractivity (Wildman–Crippen MR) is 130 cm³/mol. The van der Waals surface area contributed by atoms with Crippen LogP contribution in [-0.2, 0) is 11.3 Å². The minimum atomic E-state index is 0. The zero-order valence-electron chi connectivity index (χ0n) is 17.8. The Kier molecular flexibility index (Phi) is 10.2. The maximum atomic E-state index is 12.4. The van der Waals surface area contributed by atoms with Crippen molar-refractivity contribution in [3.8, 4) is 0 Å². The summed E-state index contributed by atoms with van der Waals surface area (Å²) >= 11 is 0. The number of nitrogens with zero attached hydrogens (tertiary/aromatic N) is 3. The minimum absolute atomic E-state index is 0. The lowest BCUT2D eigenvalue weighted by Gasteiger charge is -2.24. The van der Waals surface area contributed by atoms with Crippen LogP contribution in [0.4, 0.5) is 0 Å². The Hall–Kier alpha value is -1.35. The number of aliphatic imine (C=N–C) groups is 1. The van der Waals surface area contributed by atoms with Crippen molar-refractivity contribution in [2.24, 2.45) is 4.99 Å². The molecular weight excluding hydrogens is 477 g/mol. The topological polar surface area (TPSA) is 60.0 Å². The first kappa shape index (κ1) is 23.9. The number of carbonyl (C=O) groups excluding carboxylic acids is 1. The Morgan fingerprint density at radius 2 is 1.93 bits per heavy atom. The Labute approximate surface area is 192 Å². The van der Waals surface area contributed by atoms with E-state index in [2.05, 4.69) is 20.5 Å². The quantitative estimate of drug-likeness (QED) is 0.335. The molecule has 1 aliphatic heterocycles. The van der Waals surface area contributed by atoms with Crippen LogP contribution in [0.15, 0.2) is 35.3 Å². The van der Waals surface area contributed by atoms with Gasteiger partial charge in [0.15, 0.2) is 5.96 Å². The smallest absolute Gasteiger partial charge is 0.224 e. The number of nitrogens with one attached hydrogen (secondary N) is 2. The van der Waals surface area contributed by atoms with E-state index in [0.29, 0.717) is 25.6 Å². The zero-order chi connectivity index (χ0) is 19.8. The Morgan fingerprint density at radius 3 is 2.62 bits per heavy atom. The van der Waals surface area contributed by atoms with Crippen LogP contribution >= 0.6 is 24.0 Å². The largest absolute Gasteiger partial charge is 0.356 e. The van der Waals surface area contributed by atoms with Crippen molar-refractivity contribution in [2.45, 2.75) is 57.2 Å². The van der Waals surface area contributed by atoms with Gasteiger partial charge in [-0.3, -0.25) is 14.7 Å². The van der Waals surface area contributed by atoms with Gasteiger partial charge < -0.3 is 15.5 Å². The molecule has 2 N–H and O–H groups in total. The second kappa shape index (κ2) is 12.4.